The predicted molar refractivity (Wildman–Crippen MR) is 63.1 cm³/mol. The van der Waals surface area contributed by atoms with E-state index in [1.54, 1.807) is 0 Å². The van der Waals surface area contributed by atoms with Crippen molar-refractivity contribution in [2.24, 2.45) is 0 Å². The fourth-order valence-corrected chi connectivity index (χ4v) is 3.15. The molecule has 1 amide bonds. The summed E-state index contributed by atoms with van der Waals surface area (Å²) in [5.41, 5.74) is 1.70. The topological polar surface area (TPSA) is 52.9 Å². The number of carbonyl (C=O) groups is 1. The van der Waals surface area contributed by atoms with Crippen molar-refractivity contribution in [3.05, 3.63) is 16.0 Å². The number of amides is 1. The van der Waals surface area contributed by atoms with E-state index in [0.717, 1.165) is 31.2 Å². The van der Waals surface area contributed by atoms with Crippen molar-refractivity contribution in [2.75, 3.05) is 5.32 Å². The zero-order valence-electron chi connectivity index (χ0n) is 8.67. The first-order chi connectivity index (χ1) is 7.76. The quantitative estimate of drug-likeness (QED) is 0.751. The molecule has 0 saturated carbocycles. The monoisotopic (exact) mass is 230 g/mol. The van der Waals surface area contributed by atoms with Crippen LogP contribution in [-0.2, 0) is 17.6 Å². The van der Waals surface area contributed by atoms with E-state index in [1.807, 2.05) is 5.92 Å². The number of fused-ring (bicyclic) bond motifs is 1. The van der Waals surface area contributed by atoms with Crippen LogP contribution in [0, 0.1) is 23.7 Å². The van der Waals surface area contributed by atoms with Gasteiger partial charge in [0.1, 0.15) is 11.1 Å². The van der Waals surface area contributed by atoms with Gasteiger partial charge in [-0.25, -0.2) is 0 Å². The lowest BCUT2D eigenvalue weighted by molar-refractivity contribution is -0.111. The van der Waals surface area contributed by atoms with Crippen LogP contribution in [0.25, 0.3) is 0 Å². The number of nitrogens with zero attached hydrogens (tertiary/aromatic N) is 1. The summed E-state index contributed by atoms with van der Waals surface area (Å²) < 4.78 is 0. The Hall–Kier alpha value is -1.78. The van der Waals surface area contributed by atoms with Crippen LogP contribution in [0.5, 0.6) is 0 Å². The SMILES string of the molecule is C#CC(=O)Nc1sc2c(c1C#N)CCCC2. The van der Waals surface area contributed by atoms with Gasteiger partial charge in [0.15, 0.2) is 0 Å². The standard InChI is InChI=1S/C12H10N2OS/c1-2-11(15)14-12-9(7-13)8-5-3-4-6-10(8)16-12/h1H,3-6H2,(H,14,15). The number of terminal acetylenes is 1. The first-order valence-corrected chi connectivity index (χ1v) is 5.90. The first-order valence-electron chi connectivity index (χ1n) is 5.08. The lowest BCUT2D eigenvalue weighted by Crippen LogP contribution is -2.08. The van der Waals surface area contributed by atoms with Crippen LogP contribution in [0.3, 0.4) is 0 Å². The summed E-state index contributed by atoms with van der Waals surface area (Å²) in [4.78, 5) is 12.3. The molecule has 0 fully saturated rings. The fraction of sp³-hybridized carbons (Fsp3) is 0.333. The molecule has 1 aromatic rings. The van der Waals surface area contributed by atoms with Crippen LogP contribution in [0.15, 0.2) is 0 Å². The molecule has 1 N–H and O–H groups in total. The second-order valence-corrected chi connectivity index (χ2v) is 4.73. The molecule has 0 atom stereocenters. The Morgan fingerprint density at radius 2 is 2.19 bits per heavy atom. The molecule has 16 heavy (non-hydrogen) atoms. The van der Waals surface area contributed by atoms with Gasteiger partial charge in [0.2, 0.25) is 0 Å². The number of rotatable bonds is 1. The molecule has 1 aliphatic carbocycles. The Morgan fingerprint density at radius 3 is 2.88 bits per heavy atom. The molecule has 1 aromatic heterocycles. The number of thiophene rings is 1. The number of hydrogen-bond donors (Lipinski definition) is 1. The average molecular weight is 230 g/mol. The maximum atomic E-state index is 11.1. The molecule has 1 aliphatic rings. The molecule has 4 heteroatoms. The molecule has 0 saturated heterocycles. The zero-order valence-corrected chi connectivity index (χ0v) is 9.49. The maximum absolute atomic E-state index is 11.1. The summed E-state index contributed by atoms with van der Waals surface area (Å²) in [6, 6.07) is 2.16. The average Bonchev–Trinajstić information content (AvgIpc) is 2.65. The van der Waals surface area contributed by atoms with E-state index >= 15 is 0 Å². The van der Waals surface area contributed by atoms with Crippen LogP contribution in [0.2, 0.25) is 0 Å². The van der Waals surface area contributed by atoms with Crippen molar-refractivity contribution in [3.63, 3.8) is 0 Å². The largest absolute Gasteiger partial charge is 0.306 e. The molecule has 3 nitrogen and oxygen atoms in total. The van der Waals surface area contributed by atoms with Crippen molar-refractivity contribution < 1.29 is 4.79 Å². The number of carbonyl (C=O) groups excluding carboxylic acids is 1. The molecular formula is C12H10N2OS. The summed E-state index contributed by atoms with van der Waals surface area (Å²) in [5.74, 6) is 1.50. The van der Waals surface area contributed by atoms with Gasteiger partial charge < -0.3 is 5.32 Å². The van der Waals surface area contributed by atoms with E-state index < -0.39 is 5.91 Å². The third-order valence-electron chi connectivity index (χ3n) is 2.64. The van der Waals surface area contributed by atoms with E-state index in [4.69, 9.17) is 11.7 Å². The smallest absolute Gasteiger partial charge is 0.300 e. The van der Waals surface area contributed by atoms with Crippen LogP contribution >= 0.6 is 11.3 Å². The molecule has 80 valence electrons. The van der Waals surface area contributed by atoms with Crippen molar-refractivity contribution >= 4 is 22.2 Å². The second-order valence-electron chi connectivity index (χ2n) is 3.63. The molecule has 2 rings (SSSR count). The predicted octanol–water partition coefficient (Wildman–Crippen LogP) is 2.07. The van der Waals surface area contributed by atoms with E-state index in [1.165, 1.54) is 16.2 Å². The van der Waals surface area contributed by atoms with Gasteiger partial charge in [0.25, 0.3) is 0 Å². The Balaban J connectivity index is 2.39. The summed E-state index contributed by atoms with van der Waals surface area (Å²) >= 11 is 1.48. The molecule has 0 aromatic carbocycles. The van der Waals surface area contributed by atoms with Gasteiger partial charge in [-0.3, -0.25) is 4.79 Å². The Morgan fingerprint density at radius 1 is 1.44 bits per heavy atom. The lowest BCUT2D eigenvalue weighted by atomic mass is 9.96. The van der Waals surface area contributed by atoms with Gasteiger partial charge in [0, 0.05) is 4.88 Å². The summed E-state index contributed by atoms with van der Waals surface area (Å²) in [6.45, 7) is 0. The lowest BCUT2D eigenvalue weighted by Gasteiger charge is -2.09. The summed E-state index contributed by atoms with van der Waals surface area (Å²) in [7, 11) is 0. The van der Waals surface area contributed by atoms with Crippen molar-refractivity contribution in [3.8, 4) is 18.4 Å². The maximum Gasteiger partial charge on any atom is 0.300 e. The molecule has 0 bridgehead atoms. The number of nitriles is 1. The number of hydrogen-bond acceptors (Lipinski definition) is 3. The molecular weight excluding hydrogens is 220 g/mol. The summed E-state index contributed by atoms with van der Waals surface area (Å²) in [5, 5.41) is 12.3. The van der Waals surface area contributed by atoms with Crippen LogP contribution in [-0.4, -0.2) is 5.91 Å². The minimum absolute atomic E-state index is 0.491. The van der Waals surface area contributed by atoms with Gasteiger partial charge in [-0.05, 0) is 37.2 Å². The van der Waals surface area contributed by atoms with Gasteiger partial charge in [0.05, 0.1) is 5.56 Å². The first kappa shape index (κ1) is 10.7. The number of anilines is 1. The normalized spacial score (nSPS) is 13.4. The van der Waals surface area contributed by atoms with E-state index in [9.17, 15) is 4.79 Å². The van der Waals surface area contributed by atoms with Crippen molar-refractivity contribution in [2.45, 2.75) is 25.7 Å². The molecule has 0 aliphatic heterocycles. The van der Waals surface area contributed by atoms with Gasteiger partial charge in [-0.1, -0.05) is 0 Å². The highest BCUT2D eigenvalue weighted by atomic mass is 32.1. The second kappa shape index (κ2) is 4.38. The van der Waals surface area contributed by atoms with Gasteiger partial charge >= 0.3 is 5.91 Å². The zero-order chi connectivity index (χ0) is 11.5. The highest BCUT2D eigenvalue weighted by molar-refractivity contribution is 7.16. The highest BCUT2D eigenvalue weighted by Crippen LogP contribution is 2.37. The third-order valence-corrected chi connectivity index (χ3v) is 3.85. The highest BCUT2D eigenvalue weighted by Gasteiger charge is 2.21. The van der Waals surface area contributed by atoms with Crippen molar-refractivity contribution in [1.29, 1.82) is 5.26 Å². The van der Waals surface area contributed by atoms with Crippen LogP contribution in [0.1, 0.15) is 28.8 Å². The molecule has 0 spiro atoms. The Bertz CT molecular complexity index is 516. The summed E-state index contributed by atoms with van der Waals surface area (Å²) in [6.07, 6.45) is 9.19. The fourth-order valence-electron chi connectivity index (χ4n) is 1.91. The van der Waals surface area contributed by atoms with E-state index in [2.05, 4.69) is 11.4 Å². The van der Waals surface area contributed by atoms with Crippen LogP contribution < -0.4 is 5.32 Å². The minimum Gasteiger partial charge on any atom is -0.306 e. The minimum atomic E-state index is -0.491. The molecule has 1 heterocycles. The van der Waals surface area contributed by atoms with Crippen LogP contribution in [0.4, 0.5) is 5.00 Å². The van der Waals surface area contributed by atoms with Gasteiger partial charge in [-0.2, -0.15) is 5.26 Å². The van der Waals surface area contributed by atoms with Crippen molar-refractivity contribution in [1.82, 2.24) is 0 Å². The molecule has 0 unspecified atom stereocenters. The Labute approximate surface area is 98.1 Å². The van der Waals surface area contributed by atoms with E-state index in [-0.39, 0.29) is 0 Å². The number of nitrogens with one attached hydrogen (secondary N) is 1. The Kier molecular flexibility index (Phi) is 2.94. The third kappa shape index (κ3) is 1.80. The molecule has 0 radical (unpaired) electrons. The van der Waals surface area contributed by atoms with E-state index in [0.29, 0.717) is 10.6 Å². The van der Waals surface area contributed by atoms with Gasteiger partial charge in [-0.15, -0.1) is 17.8 Å². The number of aryl methyl sites for hydroxylation is 1.